The fraction of sp³-hybridized carbons (Fsp3) is 0.692. The summed E-state index contributed by atoms with van der Waals surface area (Å²) in [6.45, 7) is 6.12. The van der Waals surface area contributed by atoms with E-state index in [9.17, 15) is 4.79 Å². The molecule has 0 radical (unpaired) electrons. The Morgan fingerprint density at radius 2 is 2.42 bits per heavy atom. The summed E-state index contributed by atoms with van der Waals surface area (Å²) in [5.41, 5.74) is 0.788. The molecule has 1 N–H and O–H groups in total. The number of likely N-dealkylation sites (tertiary alicyclic amines) is 1. The van der Waals surface area contributed by atoms with Gasteiger partial charge in [-0.3, -0.25) is 4.79 Å². The van der Waals surface area contributed by atoms with Gasteiger partial charge in [-0.15, -0.1) is 0 Å². The molecule has 0 spiro atoms. The fourth-order valence-electron chi connectivity index (χ4n) is 2.40. The lowest BCUT2D eigenvalue weighted by Gasteiger charge is -2.19. The number of carbonyl (C=O) groups is 1. The Balaban J connectivity index is 1.87. The number of ether oxygens (including phenoxy) is 1. The summed E-state index contributed by atoms with van der Waals surface area (Å²) < 4.78 is 10.7. The summed E-state index contributed by atoms with van der Waals surface area (Å²) in [5.74, 6) is 0.537. The van der Waals surface area contributed by atoms with Crippen LogP contribution in [0.15, 0.2) is 10.6 Å². The van der Waals surface area contributed by atoms with E-state index in [-0.39, 0.29) is 24.5 Å². The van der Waals surface area contributed by atoms with Crippen molar-refractivity contribution in [3.63, 3.8) is 0 Å². The number of amides is 1. The third-order valence-electron chi connectivity index (χ3n) is 3.19. The van der Waals surface area contributed by atoms with E-state index in [0.717, 1.165) is 18.8 Å². The summed E-state index contributed by atoms with van der Waals surface area (Å²) in [6.07, 6.45) is 0.287. The van der Waals surface area contributed by atoms with Crippen molar-refractivity contribution in [1.29, 1.82) is 0 Å². The Morgan fingerprint density at radius 3 is 3.05 bits per heavy atom. The van der Waals surface area contributed by atoms with E-state index in [1.54, 1.807) is 6.07 Å². The number of carbonyl (C=O) groups excluding carboxylic acids is 1. The molecule has 6 heteroatoms. The maximum Gasteiger partial charge on any atom is 0.228 e. The maximum atomic E-state index is 12.0. The average Bonchev–Trinajstić information content (AvgIpc) is 2.87. The van der Waals surface area contributed by atoms with E-state index in [2.05, 4.69) is 15.4 Å². The minimum Gasteiger partial charge on any atom is -0.375 e. The number of hydrogen-bond donors (Lipinski definition) is 1. The van der Waals surface area contributed by atoms with Gasteiger partial charge in [0.15, 0.2) is 0 Å². The number of likely N-dealkylation sites (N-methyl/N-ethyl adjacent to an activating group) is 1. The van der Waals surface area contributed by atoms with Crippen LogP contribution in [0, 0.1) is 6.92 Å². The second-order valence-corrected chi connectivity index (χ2v) is 5.00. The van der Waals surface area contributed by atoms with Crippen molar-refractivity contribution in [1.82, 2.24) is 15.4 Å². The Hall–Kier alpha value is -1.40. The van der Waals surface area contributed by atoms with Crippen LogP contribution in [0.4, 0.5) is 0 Å². The predicted octanol–water partition coefficient (Wildman–Crippen LogP) is 0.361. The molecule has 0 unspecified atom stereocenters. The van der Waals surface area contributed by atoms with Gasteiger partial charge in [0.25, 0.3) is 0 Å². The highest BCUT2D eigenvalue weighted by Crippen LogP contribution is 2.12. The van der Waals surface area contributed by atoms with E-state index in [4.69, 9.17) is 9.26 Å². The average molecular weight is 267 g/mol. The van der Waals surface area contributed by atoms with E-state index in [0.29, 0.717) is 12.4 Å². The van der Waals surface area contributed by atoms with Crippen LogP contribution in [0.1, 0.15) is 18.4 Å². The standard InChI is InChI=1S/C13H21N3O3/c1-4-18-12-8-16(3)7-11(12)14-13(17)6-10-5-9(2)15-19-10/h5,11-12H,4,6-8H2,1-3H3,(H,14,17)/t11-,12-/m0/s1. The molecular weight excluding hydrogens is 246 g/mol. The molecule has 0 bridgehead atoms. The molecule has 1 aromatic rings. The number of aromatic nitrogens is 1. The minimum absolute atomic E-state index is 0.0430. The van der Waals surface area contributed by atoms with Gasteiger partial charge >= 0.3 is 0 Å². The first-order chi connectivity index (χ1) is 9.08. The van der Waals surface area contributed by atoms with Gasteiger partial charge in [0, 0.05) is 25.8 Å². The minimum atomic E-state index is -0.0545. The van der Waals surface area contributed by atoms with Crippen LogP contribution in [0.3, 0.4) is 0 Å². The first kappa shape index (κ1) is 14.0. The van der Waals surface area contributed by atoms with E-state index in [1.165, 1.54) is 0 Å². The van der Waals surface area contributed by atoms with Gasteiger partial charge in [-0.05, 0) is 20.9 Å². The Kier molecular flexibility index (Phi) is 4.55. The predicted molar refractivity (Wildman–Crippen MR) is 69.8 cm³/mol. The molecule has 1 amide bonds. The molecule has 0 aromatic carbocycles. The summed E-state index contributed by atoms with van der Waals surface area (Å²) in [7, 11) is 2.03. The van der Waals surface area contributed by atoms with Gasteiger partial charge in [-0.25, -0.2) is 0 Å². The second-order valence-electron chi connectivity index (χ2n) is 5.00. The summed E-state index contributed by atoms with van der Waals surface area (Å²) in [6, 6.07) is 1.82. The molecule has 1 aromatic heterocycles. The molecule has 2 rings (SSSR count). The van der Waals surface area contributed by atoms with Crippen LogP contribution in [-0.2, 0) is 16.0 Å². The molecule has 0 aliphatic carbocycles. The third-order valence-corrected chi connectivity index (χ3v) is 3.19. The largest absolute Gasteiger partial charge is 0.375 e. The summed E-state index contributed by atoms with van der Waals surface area (Å²) in [4.78, 5) is 14.1. The van der Waals surface area contributed by atoms with Crippen LogP contribution in [0.2, 0.25) is 0 Å². The van der Waals surface area contributed by atoms with Gasteiger partial charge in [0.2, 0.25) is 5.91 Å². The number of rotatable bonds is 5. The summed E-state index contributed by atoms with van der Waals surface area (Å²) in [5, 5.41) is 6.78. The number of aryl methyl sites for hydroxylation is 1. The van der Waals surface area contributed by atoms with E-state index < -0.39 is 0 Å². The quantitative estimate of drug-likeness (QED) is 0.834. The SMILES string of the molecule is CCO[C@H]1CN(C)C[C@@H]1NC(=O)Cc1cc(C)no1. The molecule has 2 heterocycles. The smallest absolute Gasteiger partial charge is 0.228 e. The monoisotopic (exact) mass is 267 g/mol. The number of nitrogens with zero attached hydrogens (tertiary/aromatic N) is 2. The molecule has 1 aliphatic rings. The Morgan fingerprint density at radius 1 is 1.63 bits per heavy atom. The highest BCUT2D eigenvalue weighted by molar-refractivity contribution is 5.78. The lowest BCUT2D eigenvalue weighted by atomic mass is 10.2. The third kappa shape index (κ3) is 3.78. The summed E-state index contributed by atoms with van der Waals surface area (Å²) >= 11 is 0. The van der Waals surface area contributed by atoms with Crippen LogP contribution in [0.25, 0.3) is 0 Å². The van der Waals surface area contributed by atoms with E-state index in [1.807, 2.05) is 20.9 Å². The van der Waals surface area contributed by atoms with Crippen molar-refractivity contribution in [2.24, 2.45) is 0 Å². The lowest BCUT2D eigenvalue weighted by Crippen LogP contribution is -2.44. The van der Waals surface area contributed by atoms with Crippen molar-refractivity contribution in [2.75, 3.05) is 26.7 Å². The first-order valence-corrected chi connectivity index (χ1v) is 6.60. The normalized spacial score (nSPS) is 23.7. The van der Waals surface area contributed by atoms with Gasteiger partial charge in [0.05, 0.1) is 24.3 Å². The number of nitrogens with one attached hydrogen (secondary N) is 1. The first-order valence-electron chi connectivity index (χ1n) is 6.60. The fourth-order valence-corrected chi connectivity index (χ4v) is 2.40. The second kappa shape index (κ2) is 6.16. The molecule has 1 saturated heterocycles. The number of hydrogen-bond acceptors (Lipinski definition) is 5. The van der Waals surface area contributed by atoms with E-state index >= 15 is 0 Å². The topological polar surface area (TPSA) is 67.6 Å². The molecule has 1 aliphatic heterocycles. The zero-order chi connectivity index (χ0) is 13.8. The van der Waals surface area contributed by atoms with Crippen LogP contribution < -0.4 is 5.32 Å². The zero-order valence-corrected chi connectivity index (χ0v) is 11.7. The molecule has 2 atom stereocenters. The zero-order valence-electron chi connectivity index (χ0n) is 11.7. The molecule has 19 heavy (non-hydrogen) atoms. The lowest BCUT2D eigenvalue weighted by molar-refractivity contribution is -0.122. The van der Waals surface area contributed by atoms with Crippen molar-refractivity contribution in [3.8, 4) is 0 Å². The Labute approximate surface area is 113 Å². The van der Waals surface area contributed by atoms with Crippen molar-refractivity contribution in [2.45, 2.75) is 32.4 Å². The van der Waals surface area contributed by atoms with Crippen molar-refractivity contribution in [3.05, 3.63) is 17.5 Å². The highest BCUT2D eigenvalue weighted by atomic mass is 16.5. The molecule has 106 valence electrons. The highest BCUT2D eigenvalue weighted by Gasteiger charge is 2.32. The van der Waals surface area contributed by atoms with Gasteiger partial charge < -0.3 is 19.5 Å². The van der Waals surface area contributed by atoms with Crippen LogP contribution in [0.5, 0.6) is 0 Å². The van der Waals surface area contributed by atoms with Crippen LogP contribution >= 0.6 is 0 Å². The van der Waals surface area contributed by atoms with Crippen molar-refractivity contribution >= 4 is 5.91 Å². The molecular formula is C13H21N3O3. The Bertz CT molecular complexity index is 433. The maximum absolute atomic E-state index is 12.0. The van der Waals surface area contributed by atoms with Crippen LogP contribution in [-0.4, -0.2) is 54.9 Å². The van der Waals surface area contributed by atoms with Gasteiger partial charge in [0.1, 0.15) is 5.76 Å². The molecule has 0 saturated carbocycles. The van der Waals surface area contributed by atoms with Crippen molar-refractivity contribution < 1.29 is 14.1 Å². The van der Waals surface area contributed by atoms with Gasteiger partial charge in [-0.1, -0.05) is 5.16 Å². The molecule has 6 nitrogen and oxygen atoms in total. The van der Waals surface area contributed by atoms with Gasteiger partial charge in [-0.2, -0.15) is 0 Å². The molecule has 1 fully saturated rings.